The van der Waals surface area contributed by atoms with E-state index in [1.165, 1.54) is 11.3 Å². The number of halogens is 1. The van der Waals surface area contributed by atoms with Crippen molar-refractivity contribution in [1.29, 1.82) is 0 Å². The van der Waals surface area contributed by atoms with Crippen LogP contribution in [0.3, 0.4) is 0 Å². The number of furan rings is 1. The number of carbonyl (C=O) groups excluding carboxylic acids is 1. The van der Waals surface area contributed by atoms with Gasteiger partial charge in [-0.15, -0.1) is 0 Å². The number of nitrogens with zero attached hydrogens (tertiary/aromatic N) is 3. The molecule has 3 aromatic rings. The van der Waals surface area contributed by atoms with Crippen molar-refractivity contribution < 1.29 is 18.7 Å². The second-order valence-corrected chi connectivity index (χ2v) is 11.5. The van der Waals surface area contributed by atoms with Crippen molar-refractivity contribution in [3.05, 3.63) is 77.1 Å². The summed E-state index contributed by atoms with van der Waals surface area (Å²) in [4.78, 5) is 34.4. The van der Waals surface area contributed by atoms with Gasteiger partial charge in [-0.2, -0.15) is 0 Å². The lowest BCUT2D eigenvalue weighted by molar-refractivity contribution is -0.139. The Morgan fingerprint density at radius 1 is 1.26 bits per heavy atom. The van der Waals surface area contributed by atoms with Crippen LogP contribution in [-0.2, 0) is 9.53 Å². The highest BCUT2D eigenvalue weighted by atomic mass is 79.9. The molecule has 0 saturated carbocycles. The molecular weight excluding hydrogens is 570 g/mol. The fourth-order valence-corrected chi connectivity index (χ4v) is 6.36. The summed E-state index contributed by atoms with van der Waals surface area (Å²) in [7, 11) is 1.56. The van der Waals surface area contributed by atoms with Gasteiger partial charge in [0.2, 0.25) is 0 Å². The molecule has 0 radical (unpaired) electrons. The first-order valence-electron chi connectivity index (χ1n) is 12.7. The lowest BCUT2D eigenvalue weighted by Gasteiger charge is -2.29. The van der Waals surface area contributed by atoms with Crippen LogP contribution in [0.4, 0.5) is 5.88 Å². The highest BCUT2D eigenvalue weighted by Crippen LogP contribution is 2.37. The maximum absolute atomic E-state index is 13.9. The summed E-state index contributed by atoms with van der Waals surface area (Å²) >= 11 is 4.79. The number of allylic oxidation sites excluding steroid dienone is 1. The second kappa shape index (κ2) is 10.9. The standard InChI is InChI=1S/C28H30BrN3O5S/c1-5-36-27(34)24-17(3)30-28-32(25(24)20-14-18(29)6-8-21(20)35-4)26(33)22(38-28)15-19-7-9-23(37-19)31-12-10-16(2)11-13-31/h6-9,14-16,25H,5,10-13H2,1-4H3/b22-15-/t25-/m1/s1. The van der Waals surface area contributed by atoms with Crippen molar-refractivity contribution in [2.75, 3.05) is 31.7 Å². The van der Waals surface area contributed by atoms with Crippen LogP contribution >= 0.6 is 27.3 Å². The van der Waals surface area contributed by atoms with Gasteiger partial charge in [-0.3, -0.25) is 9.36 Å². The van der Waals surface area contributed by atoms with E-state index in [4.69, 9.17) is 13.9 Å². The highest BCUT2D eigenvalue weighted by Gasteiger charge is 2.35. The molecule has 0 aliphatic carbocycles. The molecule has 4 heterocycles. The van der Waals surface area contributed by atoms with E-state index in [1.54, 1.807) is 37.7 Å². The van der Waals surface area contributed by atoms with Crippen LogP contribution in [0.15, 0.2) is 60.3 Å². The number of hydrogen-bond acceptors (Lipinski definition) is 8. The van der Waals surface area contributed by atoms with Crippen LogP contribution in [0.5, 0.6) is 5.75 Å². The first-order chi connectivity index (χ1) is 18.3. The van der Waals surface area contributed by atoms with Crippen LogP contribution in [0.2, 0.25) is 0 Å². The third kappa shape index (κ3) is 4.99. The van der Waals surface area contributed by atoms with E-state index in [-0.39, 0.29) is 12.2 Å². The summed E-state index contributed by atoms with van der Waals surface area (Å²) in [6, 6.07) is 8.59. The van der Waals surface area contributed by atoms with Gasteiger partial charge in [-0.1, -0.05) is 34.2 Å². The number of esters is 1. The minimum atomic E-state index is -0.762. The number of rotatable bonds is 6. The van der Waals surface area contributed by atoms with Crippen molar-refractivity contribution in [2.24, 2.45) is 10.9 Å². The van der Waals surface area contributed by atoms with Gasteiger partial charge in [0, 0.05) is 35.3 Å². The molecule has 2 aliphatic heterocycles. The molecule has 0 amide bonds. The zero-order valence-corrected chi connectivity index (χ0v) is 24.2. The van der Waals surface area contributed by atoms with Gasteiger partial charge < -0.3 is 18.8 Å². The predicted molar refractivity (Wildman–Crippen MR) is 150 cm³/mol. The Labute approximate surface area is 233 Å². The molecule has 200 valence electrons. The molecule has 1 atom stereocenters. The second-order valence-electron chi connectivity index (χ2n) is 9.53. The maximum atomic E-state index is 13.9. The van der Waals surface area contributed by atoms with Gasteiger partial charge in [0.1, 0.15) is 17.6 Å². The van der Waals surface area contributed by atoms with E-state index in [0.717, 1.165) is 42.2 Å². The number of hydrogen-bond donors (Lipinski definition) is 0. The molecular formula is C28H30BrN3O5S. The van der Waals surface area contributed by atoms with Crippen LogP contribution in [-0.4, -0.2) is 37.3 Å². The fraction of sp³-hybridized carbons (Fsp3) is 0.393. The minimum Gasteiger partial charge on any atom is -0.496 e. The number of piperidine rings is 1. The van der Waals surface area contributed by atoms with E-state index < -0.39 is 12.0 Å². The summed E-state index contributed by atoms with van der Waals surface area (Å²) in [5.74, 6) is 2.18. The number of aromatic nitrogens is 1. The SMILES string of the molecule is CCOC(=O)C1=C(C)N=c2s/c(=C\c3ccc(N4CCC(C)CC4)o3)c(=O)n2[C@@H]1c1cc(Br)ccc1OC. The molecule has 0 bridgehead atoms. The molecule has 5 rings (SSSR count). The van der Waals surface area contributed by atoms with Gasteiger partial charge in [0.25, 0.3) is 5.56 Å². The average molecular weight is 601 g/mol. The first kappa shape index (κ1) is 26.5. The summed E-state index contributed by atoms with van der Waals surface area (Å²) in [5.41, 5.74) is 1.20. The Morgan fingerprint density at radius 2 is 2.03 bits per heavy atom. The lowest BCUT2D eigenvalue weighted by Crippen LogP contribution is -2.40. The van der Waals surface area contributed by atoms with E-state index >= 15 is 0 Å². The molecule has 0 unspecified atom stereocenters. The predicted octanol–water partition coefficient (Wildman–Crippen LogP) is 4.40. The van der Waals surface area contributed by atoms with Crippen molar-refractivity contribution in [3.8, 4) is 5.75 Å². The third-order valence-electron chi connectivity index (χ3n) is 6.98. The highest BCUT2D eigenvalue weighted by molar-refractivity contribution is 9.10. The smallest absolute Gasteiger partial charge is 0.338 e. The number of thiazole rings is 1. The van der Waals surface area contributed by atoms with Crippen molar-refractivity contribution >= 4 is 45.2 Å². The largest absolute Gasteiger partial charge is 0.496 e. The fourth-order valence-electron chi connectivity index (χ4n) is 4.95. The van der Waals surface area contributed by atoms with Gasteiger partial charge >= 0.3 is 5.97 Å². The van der Waals surface area contributed by atoms with E-state index in [0.29, 0.717) is 37.7 Å². The molecule has 0 spiro atoms. The zero-order valence-electron chi connectivity index (χ0n) is 21.8. The number of carbonyl (C=O) groups is 1. The topological polar surface area (TPSA) is 86.3 Å². The van der Waals surface area contributed by atoms with Crippen LogP contribution in [0, 0.1) is 5.92 Å². The normalized spacial score (nSPS) is 18.4. The van der Waals surface area contributed by atoms with E-state index in [2.05, 4.69) is 32.7 Å². The van der Waals surface area contributed by atoms with E-state index in [1.807, 2.05) is 24.3 Å². The van der Waals surface area contributed by atoms with E-state index in [9.17, 15) is 9.59 Å². The third-order valence-corrected chi connectivity index (χ3v) is 8.46. The number of ether oxygens (including phenoxy) is 2. The summed E-state index contributed by atoms with van der Waals surface area (Å²) < 4.78 is 19.9. The molecule has 1 fully saturated rings. The number of anilines is 1. The molecule has 1 saturated heterocycles. The lowest BCUT2D eigenvalue weighted by atomic mass is 9.95. The van der Waals surface area contributed by atoms with Gasteiger partial charge in [0.15, 0.2) is 10.7 Å². The first-order valence-corrected chi connectivity index (χ1v) is 14.3. The summed E-state index contributed by atoms with van der Waals surface area (Å²) in [6.07, 6.45) is 4.02. The van der Waals surface area contributed by atoms with Crippen LogP contribution < -0.4 is 24.5 Å². The molecule has 2 aliphatic rings. The number of methoxy groups -OCH3 is 1. The number of fused-ring (bicyclic) bond motifs is 1. The Kier molecular flexibility index (Phi) is 7.63. The number of benzene rings is 1. The van der Waals surface area contributed by atoms with Crippen molar-refractivity contribution in [1.82, 2.24) is 4.57 Å². The average Bonchev–Trinajstić information content (AvgIpc) is 3.48. The summed E-state index contributed by atoms with van der Waals surface area (Å²) in [6.45, 7) is 7.91. The monoisotopic (exact) mass is 599 g/mol. The molecule has 8 nitrogen and oxygen atoms in total. The quantitative estimate of drug-likeness (QED) is 0.390. The Balaban J connectivity index is 1.62. The van der Waals surface area contributed by atoms with Gasteiger partial charge in [0.05, 0.1) is 29.5 Å². The van der Waals surface area contributed by atoms with Crippen molar-refractivity contribution in [3.63, 3.8) is 0 Å². The maximum Gasteiger partial charge on any atom is 0.338 e. The Bertz CT molecular complexity index is 1580. The molecule has 10 heteroatoms. The Hall–Kier alpha value is -3.11. The zero-order chi connectivity index (χ0) is 27.0. The van der Waals surface area contributed by atoms with Crippen molar-refractivity contribution in [2.45, 2.75) is 39.7 Å². The molecule has 38 heavy (non-hydrogen) atoms. The van der Waals surface area contributed by atoms with Crippen LogP contribution in [0.25, 0.3) is 6.08 Å². The van der Waals surface area contributed by atoms with Gasteiger partial charge in [-0.05, 0) is 56.9 Å². The molecule has 0 N–H and O–H groups in total. The minimum absolute atomic E-state index is 0.207. The molecule has 2 aromatic heterocycles. The molecule has 1 aromatic carbocycles. The van der Waals surface area contributed by atoms with Gasteiger partial charge in [-0.25, -0.2) is 9.79 Å². The summed E-state index contributed by atoms with van der Waals surface area (Å²) in [5, 5.41) is 0. The Morgan fingerprint density at radius 3 is 2.74 bits per heavy atom. The van der Waals surface area contributed by atoms with Crippen LogP contribution in [0.1, 0.15) is 51.0 Å².